The first-order valence-corrected chi connectivity index (χ1v) is 7.46. The Hall–Kier alpha value is -1.27. The van der Waals surface area contributed by atoms with Crippen LogP contribution in [0, 0.1) is 11.6 Å². The van der Waals surface area contributed by atoms with Crippen molar-refractivity contribution in [1.29, 1.82) is 0 Å². The van der Waals surface area contributed by atoms with Gasteiger partial charge in [0.2, 0.25) is 0 Å². The fourth-order valence-corrected chi connectivity index (χ4v) is 3.68. The smallest absolute Gasteiger partial charge is 0.162 e. The minimum atomic E-state index is -1.48. The Labute approximate surface area is 120 Å². The van der Waals surface area contributed by atoms with Crippen LogP contribution in [0.15, 0.2) is 45.8 Å². The monoisotopic (exact) mass is 345 g/mol. The fourth-order valence-electron chi connectivity index (χ4n) is 1.58. The van der Waals surface area contributed by atoms with Crippen LogP contribution in [-0.2, 0) is 16.6 Å². The van der Waals surface area contributed by atoms with Crippen molar-refractivity contribution in [3.63, 3.8) is 0 Å². The van der Waals surface area contributed by atoms with Crippen molar-refractivity contribution in [3.8, 4) is 0 Å². The van der Waals surface area contributed by atoms with Gasteiger partial charge >= 0.3 is 0 Å². The molecule has 100 valence electrons. The number of anilines is 1. The third-order valence-corrected chi connectivity index (χ3v) is 4.86. The van der Waals surface area contributed by atoms with E-state index in [0.717, 1.165) is 6.07 Å². The quantitative estimate of drug-likeness (QED) is 0.863. The molecule has 0 radical (unpaired) electrons. The molecule has 19 heavy (non-hydrogen) atoms. The van der Waals surface area contributed by atoms with Crippen LogP contribution in [0.4, 0.5) is 14.5 Å². The second-order valence-electron chi connectivity index (χ2n) is 3.89. The second-order valence-corrected chi connectivity index (χ2v) is 6.17. The molecule has 0 saturated carbocycles. The van der Waals surface area contributed by atoms with Crippen LogP contribution in [-0.4, -0.2) is 4.21 Å². The number of nitrogen functional groups attached to an aromatic ring is 1. The first kappa shape index (κ1) is 14.1. The highest BCUT2D eigenvalue weighted by Gasteiger charge is 2.14. The van der Waals surface area contributed by atoms with Crippen molar-refractivity contribution in [3.05, 3.63) is 58.1 Å². The number of nitrogens with two attached hydrogens (primary N) is 1. The summed E-state index contributed by atoms with van der Waals surface area (Å²) in [6.07, 6.45) is 0. The molecule has 2 N–H and O–H groups in total. The molecule has 1 unspecified atom stereocenters. The van der Waals surface area contributed by atoms with Crippen LogP contribution in [0.2, 0.25) is 0 Å². The predicted molar refractivity (Wildman–Crippen MR) is 75.0 cm³/mol. The normalized spacial score (nSPS) is 12.4. The maximum absolute atomic E-state index is 13.5. The molecule has 0 saturated heterocycles. The summed E-state index contributed by atoms with van der Waals surface area (Å²) < 4.78 is 39.3. The van der Waals surface area contributed by atoms with Crippen molar-refractivity contribution in [2.45, 2.75) is 10.6 Å². The average molecular weight is 346 g/mol. The fraction of sp³-hybridized carbons (Fsp3) is 0.0769. The van der Waals surface area contributed by atoms with Gasteiger partial charge in [0.05, 0.1) is 21.4 Å². The van der Waals surface area contributed by atoms with Crippen LogP contribution in [0.1, 0.15) is 5.56 Å². The summed E-state index contributed by atoms with van der Waals surface area (Å²) in [6.45, 7) is 0. The summed E-state index contributed by atoms with van der Waals surface area (Å²) in [5, 5.41) is 0. The van der Waals surface area contributed by atoms with Crippen molar-refractivity contribution >= 4 is 32.4 Å². The molecule has 0 aliphatic heterocycles. The van der Waals surface area contributed by atoms with Crippen molar-refractivity contribution in [2.75, 3.05) is 5.73 Å². The van der Waals surface area contributed by atoms with Crippen molar-refractivity contribution < 1.29 is 13.0 Å². The van der Waals surface area contributed by atoms with E-state index in [9.17, 15) is 13.0 Å². The Kier molecular flexibility index (Phi) is 4.31. The molecule has 1 atom stereocenters. The van der Waals surface area contributed by atoms with Gasteiger partial charge in [-0.05, 0) is 40.2 Å². The lowest BCUT2D eigenvalue weighted by Crippen LogP contribution is -2.01. The van der Waals surface area contributed by atoms with E-state index in [-0.39, 0.29) is 11.3 Å². The van der Waals surface area contributed by atoms with E-state index in [1.54, 1.807) is 18.2 Å². The zero-order valence-corrected chi connectivity index (χ0v) is 12.1. The molecule has 0 spiro atoms. The lowest BCUT2D eigenvalue weighted by Gasteiger charge is -2.07. The Balaban J connectivity index is 2.28. The highest BCUT2D eigenvalue weighted by atomic mass is 79.9. The molecule has 2 aromatic rings. The second kappa shape index (κ2) is 5.79. The molecule has 2 aromatic carbocycles. The van der Waals surface area contributed by atoms with Gasteiger partial charge in [-0.3, -0.25) is 4.21 Å². The number of hydrogen-bond acceptors (Lipinski definition) is 2. The predicted octanol–water partition coefficient (Wildman–Crippen LogP) is 3.62. The largest absolute Gasteiger partial charge is 0.399 e. The van der Waals surface area contributed by atoms with E-state index < -0.39 is 22.4 Å². The minimum absolute atomic E-state index is 0.0852. The first-order valence-electron chi connectivity index (χ1n) is 5.35. The van der Waals surface area contributed by atoms with Gasteiger partial charge in [0.1, 0.15) is 0 Å². The summed E-state index contributed by atoms with van der Waals surface area (Å²) in [6, 6.07) is 8.67. The summed E-state index contributed by atoms with van der Waals surface area (Å²) in [7, 11) is -1.48. The van der Waals surface area contributed by atoms with E-state index in [4.69, 9.17) is 5.73 Å². The number of halogens is 3. The van der Waals surface area contributed by atoms with E-state index in [1.807, 2.05) is 0 Å². The minimum Gasteiger partial charge on any atom is -0.399 e. The Morgan fingerprint density at radius 1 is 1.21 bits per heavy atom. The number of benzene rings is 2. The van der Waals surface area contributed by atoms with Gasteiger partial charge in [0, 0.05) is 15.7 Å². The molecule has 2 nitrogen and oxygen atoms in total. The summed E-state index contributed by atoms with van der Waals surface area (Å²) in [5.41, 5.74) is 6.20. The molecule has 0 aromatic heterocycles. The maximum atomic E-state index is 13.5. The summed E-state index contributed by atoms with van der Waals surface area (Å²) >= 11 is 3.25. The van der Waals surface area contributed by atoms with Gasteiger partial charge in [0.15, 0.2) is 11.6 Å². The molecule has 2 rings (SSSR count). The molecule has 0 aliphatic rings. The third kappa shape index (κ3) is 3.19. The van der Waals surface area contributed by atoms with E-state index in [1.165, 1.54) is 12.1 Å². The van der Waals surface area contributed by atoms with E-state index in [2.05, 4.69) is 15.9 Å². The molecule has 0 fully saturated rings. The van der Waals surface area contributed by atoms with E-state index >= 15 is 0 Å². The van der Waals surface area contributed by atoms with Crippen LogP contribution >= 0.6 is 15.9 Å². The molecule has 0 bridgehead atoms. The lowest BCUT2D eigenvalue weighted by atomic mass is 10.2. The average Bonchev–Trinajstić information content (AvgIpc) is 2.34. The van der Waals surface area contributed by atoms with Gasteiger partial charge < -0.3 is 5.73 Å². The molecule has 0 heterocycles. The zero-order chi connectivity index (χ0) is 14.0. The van der Waals surface area contributed by atoms with Gasteiger partial charge in [-0.25, -0.2) is 8.78 Å². The van der Waals surface area contributed by atoms with Crippen molar-refractivity contribution in [2.24, 2.45) is 0 Å². The SMILES string of the molecule is Nc1ccc(S(=O)Cc2cccc(F)c2F)c(Br)c1. The Morgan fingerprint density at radius 2 is 1.95 bits per heavy atom. The standard InChI is InChI=1S/C13H10BrF2NOS/c14-10-6-9(17)4-5-12(10)19(18)7-8-2-1-3-11(15)13(8)16/h1-6H,7,17H2. The van der Waals surface area contributed by atoms with Crippen LogP contribution in [0.25, 0.3) is 0 Å². The highest BCUT2D eigenvalue weighted by molar-refractivity contribution is 9.10. The highest BCUT2D eigenvalue weighted by Crippen LogP contribution is 2.25. The maximum Gasteiger partial charge on any atom is 0.162 e. The molecule has 0 amide bonds. The third-order valence-electron chi connectivity index (χ3n) is 2.52. The molecule has 0 aliphatic carbocycles. The number of rotatable bonds is 3. The van der Waals surface area contributed by atoms with Gasteiger partial charge in [-0.15, -0.1) is 0 Å². The Bertz CT molecular complexity index is 649. The lowest BCUT2D eigenvalue weighted by molar-refractivity contribution is 0.502. The first-order chi connectivity index (χ1) is 8.99. The zero-order valence-electron chi connectivity index (χ0n) is 9.70. The van der Waals surface area contributed by atoms with Gasteiger partial charge in [-0.2, -0.15) is 0 Å². The molecule has 6 heteroatoms. The molecular formula is C13H10BrF2NOS. The summed E-state index contributed by atoms with van der Waals surface area (Å²) in [5.74, 6) is -1.99. The van der Waals surface area contributed by atoms with Crippen LogP contribution in [0.5, 0.6) is 0 Å². The Morgan fingerprint density at radius 3 is 2.63 bits per heavy atom. The summed E-state index contributed by atoms with van der Waals surface area (Å²) in [4.78, 5) is 0.498. The van der Waals surface area contributed by atoms with Gasteiger partial charge in [0.25, 0.3) is 0 Å². The van der Waals surface area contributed by atoms with Gasteiger partial charge in [-0.1, -0.05) is 12.1 Å². The van der Waals surface area contributed by atoms with Crippen LogP contribution < -0.4 is 5.73 Å². The number of hydrogen-bond donors (Lipinski definition) is 1. The van der Waals surface area contributed by atoms with E-state index in [0.29, 0.717) is 15.1 Å². The van der Waals surface area contributed by atoms with Crippen LogP contribution in [0.3, 0.4) is 0 Å². The topological polar surface area (TPSA) is 43.1 Å². The van der Waals surface area contributed by atoms with Crippen molar-refractivity contribution in [1.82, 2.24) is 0 Å². The molecular weight excluding hydrogens is 336 g/mol.